The molecule has 1 saturated carbocycles. The Hall–Kier alpha value is -2.41. The minimum atomic E-state index is -1.09. The number of piperidine rings is 1. The van der Waals surface area contributed by atoms with Gasteiger partial charge in [-0.3, -0.25) is 14.9 Å². The summed E-state index contributed by atoms with van der Waals surface area (Å²) < 4.78 is 0. The van der Waals surface area contributed by atoms with Crippen molar-refractivity contribution in [2.45, 2.75) is 44.2 Å². The Balaban J connectivity index is 1.35. The van der Waals surface area contributed by atoms with E-state index in [4.69, 9.17) is 0 Å². The van der Waals surface area contributed by atoms with E-state index in [1.54, 1.807) is 31.2 Å². The summed E-state index contributed by atoms with van der Waals surface area (Å²) in [5, 5.41) is 8.51. The number of nitrogens with one attached hydrogen (secondary N) is 3. The molecule has 2 heterocycles. The summed E-state index contributed by atoms with van der Waals surface area (Å²) in [5.41, 5.74) is 0.173. The van der Waals surface area contributed by atoms with Crippen LogP contribution < -0.4 is 16.0 Å². The van der Waals surface area contributed by atoms with E-state index in [2.05, 4.69) is 16.0 Å². The molecule has 0 bridgehead atoms. The summed E-state index contributed by atoms with van der Waals surface area (Å²) in [6.07, 6.45) is 4.68. The summed E-state index contributed by atoms with van der Waals surface area (Å²) in [6, 6.07) is 6.96. The van der Waals surface area contributed by atoms with Crippen LogP contribution in [-0.2, 0) is 10.3 Å². The second-order valence-corrected chi connectivity index (χ2v) is 8.03. The van der Waals surface area contributed by atoms with Crippen LogP contribution in [0.5, 0.6) is 0 Å². The molecule has 1 aromatic carbocycles. The lowest BCUT2D eigenvalue weighted by Crippen LogP contribution is -2.45. The van der Waals surface area contributed by atoms with Crippen LogP contribution in [0.3, 0.4) is 0 Å². The van der Waals surface area contributed by atoms with Crippen molar-refractivity contribution in [3.8, 4) is 0 Å². The van der Waals surface area contributed by atoms with Gasteiger partial charge in [0.1, 0.15) is 5.54 Å². The zero-order valence-corrected chi connectivity index (χ0v) is 15.6. The summed E-state index contributed by atoms with van der Waals surface area (Å²) in [6.45, 7) is 4.30. The third kappa shape index (κ3) is 3.69. The second-order valence-electron chi connectivity index (χ2n) is 8.03. The summed E-state index contributed by atoms with van der Waals surface area (Å²) >= 11 is 0. The number of benzene rings is 1. The van der Waals surface area contributed by atoms with Gasteiger partial charge in [0.15, 0.2) is 0 Å². The lowest BCUT2D eigenvalue weighted by molar-refractivity contribution is -0.123. The first kappa shape index (κ1) is 18.0. The average molecular weight is 370 g/mol. The average Bonchev–Trinajstić information content (AvgIpc) is 3.46. The fourth-order valence-corrected chi connectivity index (χ4v) is 3.82. The van der Waals surface area contributed by atoms with E-state index < -0.39 is 11.6 Å². The van der Waals surface area contributed by atoms with E-state index in [1.165, 1.54) is 12.8 Å². The first-order chi connectivity index (χ1) is 13.0. The molecule has 0 radical (unpaired) electrons. The molecule has 3 fully saturated rings. The van der Waals surface area contributed by atoms with Gasteiger partial charge in [0.05, 0.1) is 0 Å². The predicted octanol–water partition coefficient (Wildman–Crippen LogP) is 1.35. The molecule has 0 aromatic heterocycles. The van der Waals surface area contributed by atoms with Crippen molar-refractivity contribution in [1.29, 1.82) is 0 Å². The number of carbonyl (C=O) groups excluding carboxylic acids is 3. The van der Waals surface area contributed by atoms with Crippen molar-refractivity contribution in [2.75, 3.05) is 19.6 Å². The highest BCUT2D eigenvalue weighted by Gasteiger charge is 2.43. The molecule has 4 rings (SSSR count). The van der Waals surface area contributed by atoms with Crippen LogP contribution in [0.4, 0.5) is 4.79 Å². The lowest BCUT2D eigenvalue weighted by Gasteiger charge is -2.32. The number of rotatable bonds is 5. The van der Waals surface area contributed by atoms with Gasteiger partial charge in [-0.2, -0.15) is 0 Å². The van der Waals surface area contributed by atoms with E-state index in [0.717, 1.165) is 38.4 Å². The molecule has 1 aromatic rings. The summed E-state index contributed by atoms with van der Waals surface area (Å²) in [5.74, 6) is 0.511. The predicted molar refractivity (Wildman–Crippen MR) is 100 cm³/mol. The molecule has 2 aliphatic heterocycles. The Morgan fingerprint density at radius 1 is 1.15 bits per heavy atom. The van der Waals surface area contributed by atoms with E-state index in [9.17, 15) is 14.4 Å². The third-order valence-electron chi connectivity index (χ3n) is 5.93. The maximum atomic E-state index is 12.8. The van der Waals surface area contributed by atoms with Crippen LogP contribution in [0.25, 0.3) is 0 Å². The Morgan fingerprint density at radius 2 is 1.81 bits per heavy atom. The summed E-state index contributed by atoms with van der Waals surface area (Å²) in [4.78, 5) is 38.1. The highest BCUT2D eigenvalue weighted by molar-refractivity contribution is 6.07. The van der Waals surface area contributed by atoms with E-state index >= 15 is 0 Å². The number of likely N-dealkylation sites (tertiary alicyclic amines) is 1. The Kier molecular flexibility index (Phi) is 4.63. The first-order valence-corrected chi connectivity index (χ1v) is 9.72. The molecule has 7 heteroatoms. The second kappa shape index (κ2) is 6.96. The van der Waals surface area contributed by atoms with Gasteiger partial charge in [0, 0.05) is 24.7 Å². The van der Waals surface area contributed by atoms with Crippen LogP contribution in [0, 0.1) is 5.92 Å². The quantitative estimate of drug-likeness (QED) is 0.683. The highest BCUT2D eigenvalue weighted by Crippen LogP contribution is 2.28. The van der Waals surface area contributed by atoms with Gasteiger partial charge in [0.25, 0.3) is 11.8 Å². The third-order valence-corrected chi connectivity index (χ3v) is 5.93. The zero-order valence-electron chi connectivity index (χ0n) is 15.6. The minimum absolute atomic E-state index is 0.0206. The molecule has 0 spiro atoms. The van der Waals surface area contributed by atoms with Crippen molar-refractivity contribution in [1.82, 2.24) is 20.9 Å². The molecular formula is C20H26N4O3. The highest BCUT2D eigenvalue weighted by atomic mass is 16.2. The Labute approximate surface area is 158 Å². The maximum absolute atomic E-state index is 12.8. The van der Waals surface area contributed by atoms with Crippen molar-refractivity contribution in [2.24, 2.45) is 5.92 Å². The van der Waals surface area contributed by atoms with Crippen molar-refractivity contribution >= 4 is 17.8 Å². The van der Waals surface area contributed by atoms with Crippen LogP contribution in [0.1, 0.15) is 48.5 Å². The fraction of sp³-hybridized carbons (Fsp3) is 0.550. The van der Waals surface area contributed by atoms with Crippen LogP contribution in [-0.4, -0.2) is 48.4 Å². The molecule has 7 nitrogen and oxygen atoms in total. The number of amides is 4. The molecule has 4 amide bonds. The van der Waals surface area contributed by atoms with Crippen LogP contribution in [0.15, 0.2) is 24.3 Å². The minimum Gasteiger partial charge on any atom is -0.339 e. The number of hydrogen-bond acceptors (Lipinski definition) is 4. The van der Waals surface area contributed by atoms with Gasteiger partial charge in [-0.05, 0) is 62.8 Å². The first-order valence-electron chi connectivity index (χ1n) is 9.72. The SMILES string of the molecule is CC1(c2ccc(C(=O)N3CCC(NCC4CC4)CC3)cc2)NC(=O)NC1=O. The van der Waals surface area contributed by atoms with Gasteiger partial charge >= 0.3 is 6.03 Å². The topological polar surface area (TPSA) is 90.5 Å². The van der Waals surface area contributed by atoms with Gasteiger partial charge in [0.2, 0.25) is 0 Å². The lowest BCUT2D eigenvalue weighted by atomic mass is 9.91. The smallest absolute Gasteiger partial charge is 0.322 e. The molecule has 3 aliphatic rings. The van der Waals surface area contributed by atoms with Gasteiger partial charge in [-0.25, -0.2) is 4.79 Å². The standard InChI is InChI=1S/C20H26N4O3/c1-20(18(26)22-19(27)23-20)15-6-4-14(5-7-15)17(25)24-10-8-16(9-11-24)21-12-13-2-3-13/h4-7,13,16,21H,2-3,8-12H2,1H3,(H2,22,23,26,27). The zero-order chi connectivity index (χ0) is 19.0. The number of nitrogens with zero attached hydrogens (tertiary/aromatic N) is 1. The largest absolute Gasteiger partial charge is 0.339 e. The maximum Gasteiger partial charge on any atom is 0.322 e. The molecule has 144 valence electrons. The molecule has 1 unspecified atom stereocenters. The van der Waals surface area contributed by atoms with Crippen molar-refractivity contribution < 1.29 is 14.4 Å². The van der Waals surface area contributed by atoms with E-state index in [1.807, 2.05) is 4.90 Å². The number of urea groups is 1. The molecule has 2 saturated heterocycles. The molecular weight excluding hydrogens is 344 g/mol. The molecule has 27 heavy (non-hydrogen) atoms. The van der Waals surface area contributed by atoms with Crippen molar-refractivity contribution in [3.05, 3.63) is 35.4 Å². The van der Waals surface area contributed by atoms with Gasteiger partial charge < -0.3 is 15.5 Å². The Bertz CT molecular complexity index is 751. The van der Waals surface area contributed by atoms with E-state index in [-0.39, 0.29) is 11.8 Å². The van der Waals surface area contributed by atoms with Gasteiger partial charge in [-0.1, -0.05) is 12.1 Å². The van der Waals surface area contributed by atoms with Gasteiger partial charge in [-0.15, -0.1) is 0 Å². The molecule has 1 aliphatic carbocycles. The number of carbonyl (C=O) groups is 3. The summed E-state index contributed by atoms with van der Waals surface area (Å²) in [7, 11) is 0. The van der Waals surface area contributed by atoms with Crippen LogP contribution in [0.2, 0.25) is 0 Å². The Morgan fingerprint density at radius 3 is 2.37 bits per heavy atom. The monoisotopic (exact) mass is 370 g/mol. The number of hydrogen-bond donors (Lipinski definition) is 3. The number of imide groups is 1. The van der Waals surface area contributed by atoms with Crippen LogP contribution >= 0.6 is 0 Å². The molecule has 3 N–H and O–H groups in total. The fourth-order valence-electron chi connectivity index (χ4n) is 3.82. The normalized spacial score (nSPS) is 26.0. The van der Waals surface area contributed by atoms with Crippen molar-refractivity contribution in [3.63, 3.8) is 0 Å². The van der Waals surface area contributed by atoms with E-state index in [0.29, 0.717) is 17.2 Å². The molecule has 1 atom stereocenters.